The monoisotopic (exact) mass is 255 g/mol. The third kappa shape index (κ3) is 2.30. The molecule has 2 heterocycles. The number of fused-ring (bicyclic) bond motifs is 1. The number of hydrogen-bond acceptors (Lipinski definition) is 4. The van der Waals surface area contributed by atoms with Crippen molar-refractivity contribution in [2.45, 2.75) is 19.8 Å². The molecule has 0 N–H and O–H groups in total. The van der Waals surface area contributed by atoms with Gasteiger partial charge in [0.05, 0.1) is 17.4 Å². The Hall–Kier alpha value is -1.97. The highest BCUT2D eigenvalue weighted by atomic mass is 16.1. The lowest BCUT2D eigenvalue weighted by Crippen LogP contribution is -2.38. The molecule has 19 heavy (non-hydrogen) atoms. The largest absolute Gasteiger partial charge is 0.369 e. The molecule has 98 valence electrons. The fraction of sp³-hybridized carbons (Fsp3) is 0.400. The van der Waals surface area contributed by atoms with Crippen LogP contribution in [-0.2, 0) is 4.79 Å². The van der Waals surface area contributed by atoms with Gasteiger partial charge in [-0.2, -0.15) is 10.2 Å². The minimum Gasteiger partial charge on any atom is -0.369 e. The lowest BCUT2D eigenvalue weighted by atomic mass is 9.94. The van der Waals surface area contributed by atoms with Crippen LogP contribution in [0.4, 0.5) is 5.69 Å². The maximum atomic E-state index is 11.6. The van der Waals surface area contributed by atoms with E-state index in [-0.39, 0.29) is 11.7 Å². The molecule has 1 aromatic heterocycles. The van der Waals surface area contributed by atoms with Crippen LogP contribution >= 0.6 is 0 Å². The first kappa shape index (κ1) is 12.1. The summed E-state index contributed by atoms with van der Waals surface area (Å²) in [5, 5.41) is 9.34. The second kappa shape index (κ2) is 4.96. The van der Waals surface area contributed by atoms with E-state index in [2.05, 4.69) is 21.2 Å². The van der Waals surface area contributed by atoms with Crippen molar-refractivity contribution in [3.8, 4) is 0 Å². The minimum atomic E-state index is 0.153. The number of rotatable bonds is 2. The van der Waals surface area contributed by atoms with Gasteiger partial charge in [0.15, 0.2) is 0 Å². The number of aromatic nitrogens is 2. The Bertz CT molecular complexity index is 606. The van der Waals surface area contributed by atoms with E-state index in [1.54, 1.807) is 6.92 Å². The average molecular weight is 255 g/mol. The predicted octanol–water partition coefficient (Wildman–Crippen LogP) is 2.44. The van der Waals surface area contributed by atoms with Crippen molar-refractivity contribution in [3.63, 3.8) is 0 Å². The van der Waals surface area contributed by atoms with E-state index >= 15 is 0 Å². The molecule has 1 aromatic carbocycles. The number of benzene rings is 1. The van der Waals surface area contributed by atoms with Crippen molar-refractivity contribution < 1.29 is 4.79 Å². The molecule has 1 fully saturated rings. The smallest absolute Gasteiger partial charge is 0.134 e. The Kier molecular flexibility index (Phi) is 3.15. The second-order valence-corrected chi connectivity index (χ2v) is 5.14. The van der Waals surface area contributed by atoms with E-state index in [9.17, 15) is 4.79 Å². The summed E-state index contributed by atoms with van der Waals surface area (Å²) in [4.78, 5) is 13.9. The molecule has 0 spiro atoms. The van der Waals surface area contributed by atoms with E-state index in [1.165, 1.54) is 0 Å². The third-order valence-electron chi connectivity index (χ3n) is 3.86. The fourth-order valence-electron chi connectivity index (χ4n) is 2.77. The number of Topliss-reactive ketones (excluding diaryl/α,β-unsaturated/α-hetero) is 1. The molecule has 1 unspecified atom stereocenters. The van der Waals surface area contributed by atoms with Crippen LogP contribution in [0.2, 0.25) is 0 Å². The van der Waals surface area contributed by atoms with Gasteiger partial charge in [-0.3, -0.25) is 4.79 Å². The molecule has 1 saturated heterocycles. The molecule has 0 radical (unpaired) electrons. The zero-order chi connectivity index (χ0) is 13.2. The lowest BCUT2D eigenvalue weighted by molar-refractivity contribution is -0.120. The summed E-state index contributed by atoms with van der Waals surface area (Å²) in [5.41, 5.74) is 2.00. The van der Waals surface area contributed by atoms with E-state index in [0.717, 1.165) is 42.5 Å². The Labute approximate surface area is 112 Å². The molecule has 0 bridgehead atoms. The van der Waals surface area contributed by atoms with Crippen molar-refractivity contribution in [2.75, 3.05) is 18.0 Å². The number of nitrogens with zero attached hydrogens (tertiary/aromatic N) is 3. The van der Waals surface area contributed by atoms with E-state index in [4.69, 9.17) is 0 Å². The molecule has 0 amide bonds. The van der Waals surface area contributed by atoms with Gasteiger partial charge in [0.1, 0.15) is 5.78 Å². The molecule has 1 aliphatic heterocycles. The van der Waals surface area contributed by atoms with Gasteiger partial charge in [0.2, 0.25) is 0 Å². The molecule has 0 aliphatic carbocycles. The van der Waals surface area contributed by atoms with Gasteiger partial charge < -0.3 is 4.90 Å². The predicted molar refractivity (Wildman–Crippen MR) is 75.2 cm³/mol. The van der Waals surface area contributed by atoms with Crippen LogP contribution in [0.1, 0.15) is 19.8 Å². The summed E-state index contributed by atoms with van der Waals surface area (Å²) < 4.78 is 0. The van der Waals surface area contributed by atoms with E-state index < -0.39 is 0 Å². The number of carbonyl (C=O) groups is 1. The Morgan fingerprint density at radius 1 is 1.37 bits per heavy atom. The standard InChI is InChI=1S/C15H17N3O/c1-11(19)12-5-4-8-18(10-12)15-9-16-17-14-7-3-2-6-13(14)15/h2-3,6-7,9,12H,4-5,8,10H2,1H3. The van der Waals surface area contributed by atoms with Crippen molar-refractivity contribution >= 4 is 22.4 Å². The lowest BCUT2D eigenvalue weighted by Gasteiger charge is -2.33. The normalized spacial score (nSPS) is 19.6. The van der Waals surface area contributed by atoms with Gasteiger partial charge in [0.25, 0.3) is 0 Å². The molecule has 1 atom stereocenters. The van der Waals surface area contributed by atoms with Crippen LogP contribution in [0.3, 0.4) is 0 Å². The van der Waals surface area contributed by atoms with Gasteiger partial charge in [0, 0.05) is 24.4 Å². The number of ketones is 1. The topological polar surface area (TPSA) is 46.1 Å². The summed E-state index contributed by atoms with van der Waals surface area (Å²) in [6.07, 6.45) is 3.87. The van der Waals surface area contributed by atoms with Crippen LogP contribution in [0, 0.1) is 5.92 Å². The Morgan fingerprint density at radius 3 is 3.05 bits per heavy atom. The second-order valence-electron chi connectivity index (χ2n) is 5.14. The molecule has 0 saturated carbocycles. The number of anilines is 1. The van der Waals surface area contributed by atoms with Gasteiger partial charge in [-0.25, -0.2) is 0 Å². The van der Waals surface area contributed by atoms with Crippen molar-refractivity contribution in [1.82, 2.24) is 10.2 Å². The highest BCUT2D eigenvalue weighted by Crippen LogP contribution is 2.28. The first-order valence-corrected chi connectivity index (χ1v) is 6.71. The van der Waals surface area contributed by atoms with Crippen LogP contribution in [0.15, 0.2) is 30.5 Å². The maximum Gasteiger partial charge on any atom is 0.134 e. The summed E-state index contributed by atoms with van der Waals surface area (Å²) in [6, 6.07) is 8.02. The van der Waals surface area contributed by atoms with Crippen LogP contribution in [0.5, 0.6) is 0 Å². The quantitative estimate of drug-likeness (QED) is 0.827. The maximum absolute atomic E-state index is 11.6. The van der Waals surface area contributed by atoms with Gasteiger partial charge in [-0.1, -0.05) is 18.2 Å². The first-order chi connectivity index (χ1) is 9.25. The van der Waals surface area contributed by atoms with Crippen molar-refractivity contribution in [2.24, 2.45) is 5.92 Å². The van der Waals surface area contributed by atoms with Crippen molar-refractivity contribution in [3.05, 3.63) is 30.5 Å². The molecule has 4 nitrogen and oxygen atoms in total. The van der Waals surface area contributed by atoms with Crippen LogP contribution < -0.4 is 4.90 Å². The molecule has 1 aliphatic rings. The number of hydrogen-bond donors (Lipinski definition) is 0. The molecular weight excluding hydrogens is 238 g/mol. The van der Waals surface area contributed by atoms with E-state index in [0.29, 0.717) is 0 Å². The zero-order valence-electron chi connectivity index (χ0n) is 11.0. The molecule has 4 heteroatoms. The van der Waals surface area contributed by atoms with Gasteiger partial charge in [-0.15, -0.1) is 0 Å². The summed E-state index contributed by atoms with van der Waals surface area (Å²) >= 11 is 0. The Morgan fingerprint density at radius 2 is 2.21 bits per heavy atom. The first-order valence-electron chi connectivity index (χ1n) is 6.71. The highest BCUT2D eigenvalue weighted by molar-refractivity contribution is 5.91. The van der Waals surface area contributed by atoms with Crippen LogP contribution in [0.25, 0.3) is 10.9 Å². The average Bonchev–Trinajstić information content (AvgIpc) is 2.47. The van der Waals surface area contributed by atoms with Gasteiger partial charge in [-0.05, 0) is 25.8 Å². The van der Waals surface area contributed by atoms with Gasteiger partial charge >= 0.3 is 0 Å². The molecular formula is C15H17N3O. The molecule has 2 aromatic rings. The van der Waals surface area contributed by atoms with E-state index in [1.807, 2.05) is 24.4 Å². The fourth-order valence-corrected chi connectivity index (χ4v) is 2.77. The third-order valence-corrected chi connectivity index (χ3v) is 3.86. The summed E-state index contributed by atoms with van der Waals surface area (Å²) in [7, 11) is 0. The number of carbonyl (C=O) groups excluding carboxylic acids is 1. The number of piperidine rings is 1. The zero-order valence-corrected chi connectivity index (χ0v) is 11.0. The molecule has 3 rings (SSSR count). The summed E-state index contributed by atoms with van der Waals surface area (Å²) in [5.74, 6) is 0.441. The minimum absolute atomic E-state index is 0.153. The Balaban J connectivity index is 1.97. The van der Waals surface area contributed by atoms with Crippen molar-refractivity contribution in [1.29, 1.82) is 0 Å². The highest BCUT2D eigenvalue weighted by Gasteiger charge is 2.24. The summed E-state index contributed by atoms with van der Waals surface area (Å²) in [6.45, 7) is 3.47. The van der Waals surface area contributed by atoms with Crippen LogP contribution in [-0.4, -0.2) is 29.1 Å². The SMILES string of the molecule is CC(=O)C1CCCN(c2cnnc3ccccc23)C1.